The first-order valence-electron chi connectivity index (χ1n) is 5.76. The zero-order valence-corrected chi connectivity index (χ0v) is 11.3. The number of carboxylic acid groups (broad SMARTS) is 1. The number of rotatable bonds is 7. The van der Waals surface area contributed by atoms with Crippen molar-refractivity contribution in [3.63, 3.8) is 0 Å². The Morgan fingerprint density at radius 3 is 2.42 bits per heavy atom. The molecule has 1 aromatic carbocycles. The van der Waals surface area contributed by atoms with Crippen molar-refractivity contribution < 1.29 is 24.1 Å². The van der Waals surface area contributed by atoms with Gasteiger partial charge in [0, 0.05) is 19.2 Å². The van der Waals surface area contributed by atoms with Gasteiger partial charge in [-0.25, -0.2) is 0 Å². The van der Waals surface area contributed by atoms with Gasteiger partial charge in [-0.1, -0.05) is 6.07 Å². The molecule has 106 valence electrons. The van der Waals surface area contributed by atoms with Gasteiger partial charge in [0.1, 0.15) is 11.5 Å². The molecule has 3 N–H and O–H groups in total. The summed E-state index contributed by atoms with van der Waals surface area (Å²) in [6, 6.07) is 3.35. The molecule has 0 aromatic heterocycles. The summed E-state index contributed by atoms with van der Waals surface area (Å²) in [6.07, 6.45) is 0. The predicted octanol–water partition coefficient (Wildman–Crippen LogP) is 0.977. The van der Waals surface area contributed by atoms with Crippen LogP contribution in [0.5, 0.6) is 11.5 Å². The maximum Gasteiger partial charge on any atom is 0.312 e. The average molecular weight is 269 g/mol. The molecule has 19 heavy (non-hydrogen) atoms. The molecule has 0 saturated carbocycles. The Bertz CT molecular complexity index is 447. The lowest BCUT2D eigenvalue weighted by Gasteiger charge is -2.19. The minimum atomic E-state index is -0.991. The third kappa shape index (κ3) is 3.15. The quantitative estimate of drug-likeness (QED) is 0.766. The van der Waals surface area contributed by atoms with E-state index in [4.69, 9.17) is 19.9 Å². The van der Waals surface area contributed by atoms with Crippen molar-refractivity contribution in [1.82, 2.24) is 0 Å². The number of ether oxygens (including phenoxy) is 3. The Morgan fingerprint density at radius 2 is 2.00 bits per heavy atom. The van der Waals surface area contributed by atoms with E-state index in [2.05, 4.69) is 0 Å². The van der Waals surface area contributed by atoms with Crippen molar-refractivity contribution >= 4 is 5.97 Å². The summed E-state index contributed by atoms with van der Waals surface area (Å²) in [5, 5.41) is 9.20. The molecule has 0 aliphatic carbocycles. The third-order valence-electron chi connectivity index (χ3n) is 2.87. The van der Waals surface area contributed by atoms with Gasteiger partial charge in [0.2, 0.25) is 0 Å². The van der Waals surface area contributed by atoms with Crippen LogP contribution >= 0.6 is 0 Å². The highest BCUT2D eigenvalue weighted by Crippen LogP contribution is 2.36. The molecule has 0 heterocycles. The molecule has 1 aromatic rings. The Labute approximate surface area is 112 Å². The van der Waals surface area contributed by atoms with E-state index in [0.717, 1.165) is 0 Å². The monoisotopic (exact) mass is 269 g/mol. The maximum absolute atomic E-state index is 11.2. The maximum atomic E-state index is 11.2. The van der Waals surface area contributed by atoms with Crippen molar-refractivity contribution in [2.75, 3.05) is 27.9 Å². The van der Waals surface area contributed by atoms with Gasteiger partial charge in [-0.3, -0.25) is 4.79 Å². The van der Waals surface area contributed by atoms with Crippen molar-refractivity contribution in [2.24, 2.45) is 5.73 Å². The molecule has 0 spiro atoms. The van der Waals surface area contributed by atoms with Crippen molar-refractivity contribution in [2.45, 2.75) is 12.5 Å². The number of benzene rings is 1. The minimum absolute atomic E-state index is 0.00948. The fourth-order valence-corrected chi connectivity index (χ4v) is 1.98. The molecule has 6 nitrogen and oxygen atoms in total. The van der Waals surface area contributed by atoms with E-state index in [1.807, 2.05) is 0 Å². The van der Waals surface area contributed by atoms with Crippen LogP contribution in [-0.4, -0.2) is 38.9 Å². The number of carboxylic acids is 1. The molecular formula is C13H19NO5. The van der Waals surface area contributed by atoms with Gasteiger partial charge < -0.3 is 25.1 Å². The molecular weight excluding hydrogens is 250 g/mol. The molecule has 0 amide bonds. The SMILES string of the molecule is COCc1c(OC)ccc(C(CN)C(=O)O)c1OC. The van der Waals surface area contributed by atoms with E-state index < -0.39 is 11.9 Å². The number of carbonyl (C=O) groups is 1. The highest BCUT2D eigenvalue weighted by Gasteiger charge is 2.25. The molecule has 0 fully saturated rings. The Hall–Kier alpha value is -1.79. The zero-order chi connectivity index (χ0) is 14.4. The Morgan fingerprint density at radius 1 is 1.32 bits per heavy atom. The highest BCUT2D eigenvalue weighted by molar-refractivity contribution is 5.78. The second-order valence-electron chi connectivity index (χ2n) is 3.93. The molecule has 0 radical (unpaired) electrons. The van der Waals surface area contributed by atoms with Crippen LogP contribution in [0.4, 0.5) is 0 Å². The van der Waals surface area contributed by atoms with Crippen molar-refractivity contribution in [3.8, 4) is 11.5 Å². The standard InChI is InChI=1S/C13H19NO5/c1-17-7-10-11(18-2)5-4-8(12(10)19-3)9(6-14)13(15)16/h4-5,9H,6-7,14H2,1-3H3,(H,15,16). The van der Waals surface area contributed by atoms with E-state index >= 15 is 0 Å². The summed E-state index contributed by atoms with van der Waals surface area (Å²) in [4.78, 5) is 11.2. The summed E-state index contributed by atoms with van der Waals surface area (Å²) in [6.45, 7) is 0.252. The summed E-state index contributed by atoms with van der Waals surface area (Å²) in [7, 11) is 4.56. The average Bonchev–Trinajstić information content (AvgIpc) is 2.40. The van der Waals surface area contributed by atoms with Crippen LogP contribution < -0.4 is 15.2 Å². The first-order chi connectivity index (χ1) is 9.10. The predicted molar refractivity (Wildman–Crippen MR) is 69.7 cm³/mol. The summed E-state index contributed by atoms with van der Waals surface area (Å²) in [5.74, 6) is -0.784. The number of hydrogen-bond donors (Lipinski definition) is 2. The summed E-state index contributed by atoms with van der Waals surface area (Å²) in [5.41, 5.74) is 6.71. The van der Waals surface area contributed by atoms with E-state index in [1.54, 1.807) is 19.2 Å². The van der Waals surface area contributed by atoms with Crippen LogP contribution in [0, 0.1) is 0 Å². The smallest absolute Gasteiger partial charge is 0.312 e. The second kappa shape index (κ2) is 6.96. The van der Waals surface area contributed by atoms with Crippen LogP contribution in [-0.2, 0) is 16.1 Å². The fraction of sp³-hybridized carbons (Fsp3) is 0.462. The molecule has 1 unspecified atom stereocenters. The summed E-state index contributed by atoms with van der Waals surface area (Å²) >= 11 is 0. The van der Waals surface area contributed by atoms with Gasteiger partial charge in [-0.2, -0.15) is 0 Å². The minimum Gasteiger partial charge on any atom is -0.496 e. The van der Waals surface area contributed by atoms with Gasteiger partial charge in [0.15, 0.2) is 0 Å². The number of hydrogen-bond acceptors (Lipinski definition) is 5. The molecule has 0 bridgehead atoms. The van der Waals surface area contributed by atoms with E-state index in [1.165, 1.54) is 14.2 Å². The van der Waals surface area contributed by atoms with Gasteiger partial charge in [-0.15, -0.1) is 0 Å². The zero-order valence-electron chi connectivity index (χ0n) is 11.3. The largest absolute Gasteiger partial charge is 0.496 e. The fourth-order valence-electron chi connectivity index (χ4n) is 1.98. The van der Waals surface area contributed by atoms with Crippen molar-refractivity contribution in [3.05, 3.63) is 23.3 Å². The van der Waals surface area contributed by atoms with Crippen LogP contribution in [0.1, 0.15) is 17.0 Å². The second-order valence-corrected chi connectivity index (χ2v) is 3.93. The first-order valence-corrected chi connectivity index (χ1v) is 5.76. The normalized spacial score (nSPS) is 12.0. The highest BCUT2D eigenvalue weighted by atomic mass is 16.5. The number of nitrogens with two attached hydrogens (primary N) is 1. The van der Waals surface area contributed by atoms with Crippen molar-refractivity contribution in [1.29, 1.82) is 0 Å². The molecule has 0 saturated heterocycles. The van der Waals surface area contributed by atoms with E-state index in [9.17, 15) is 9.90 Å². The number of aliphatic carboxylic acids is 1. The lowest BCUT2D eigenvalue weighted by molar-refractivity contribution is -0.138. The molecule has 6 heteroatoms. The molecule has 0 aliphatic rings. The van der Waals surface area contributed by atoms with Gasteiger partial charge in [-0.05, 0) is 6.07 Å². The van der Waals surface area contributed by atoms with Gasteiger partial charge in [0.05, 0.1) is 32.3 Å². The lowest BCUT2D eigenvalue weighted by Crippen LogP contribution is -2.22. The molecule has 1 atom stereocenters. The van der Waals surface area contributed by atoms with Crippen LogP contribution in [0.15, 0.2) is 12.1 Å². The number of methoxy groups -OCH3 is 3. The van der Waals surface area contributed by atoms with Crippen LogP contribution in [0.25, 0.3) is 0 Å². The lowest BCUT2D eigenvalue weighted by atomic mass is 9.95. The molecule has 0 aliphatic heterocycles. The first kappa shape index (κ1) is 15.3. The Kier molecular flexibility index (Phi) is 5.59. The van der Waals surface area contributed by atoms with Gasteiger partial charge in [0.25, 0.3) is 0 Å². The van der Waals surface area contributed by atoms with E-state index in [0.29, 0.717) is 22.6 Å². The van der Waals surface area contributed by atoms with Gasteiger partial charge >= 0.3 is 5.97 Å². The van der Waals surface area contributed by atoms with E-state index in [-0.39, 0.29) is 13.2 Å². The molecule has 1 rings (SSSR count). The summed E-state index contributed by atoms with van der Waals surface area (Å²) < 4.78 is 15.7. The van der Waals surface area contributed by atoms with Crippen LogP contribution in [0.2, 0.25) is 0 Å². The Balaban J connectivity index is 3.40. The topological polar surface area (TPSA) is 91.0 Å². The van der Waals surface area contributed by atoms with Crippen LogP contribution in [0.3, 0.4) is 0 Å². The third-order valence-corrected chi connectivity index (χ3v) is 2.87.